The molecule has 1 aliphatic heterocycles. The molecule has 2 aliphatic rings. The van der Waals surface area contributed by atoms with E-state index in [1.165, 1.54) is 23.1 Å². The lowest BCUT2D eigenvalue weighted by atomic mass is 9.81. The Bertz CT molecular complexity index is 753. The Morgan fingerprint density at radius 3 is 2.48 bits per heavy atom. The molecule has 1 aromatic rings. The van der Waals surface area contributed by atoms with E-state index in [0.29, 0.717) is 5.56 Å². The summed E-state index contributed by atoms with van der Waals surface area (Å²) in [6.07, 6.45) is 2.63. The van der Waals surface area contributed by atoms with E-state index >= 15 is 0 Å². The summed E-state index contributed by atoms with van der Waals surface area (Å²) in [5.41, 5.74) is 0.433. The molecule has 0 aromatic heterocycles. The summed E-state index contributed by atoms with van der Waals surface area (Å²) in [7, 11) is 0. The van der Waals surface area contributed by atoms with Crippen LogP contribution in [0, 0.1) is 22.0 Å². The number of rotatable bonds is 6. The summed E-state index contributed by atoms with van der Waals surface area (Å²) in [6, 6.07) is 5.89. The van der Waals surface area contributed by atoms with Crippen molar-refractivity contribution in [1.82, 2.24) is 4.90 Å². The van der Waals surface area contributed by atoms with Crippen molar-refractivity contribution < 1.29 is 24.0 Å². The number of benzene rings is 1. The molecule has 2 fully saturated rings. The van der Waals surface area contributed by atoms with Gasteiger partial charge in [0.05, 0.1) is 23.2 Å². The van der Waals surface area contributed by atoms with Crippen molar-refractivity contribution in [3.05, 3.63) is 39.9 Å². The highest BCUT2D eigenvalue weighted by Crippen LogP contribution is 2.38. The van der Waals surface area contributed by atoms with Gasteiger partial charge in [0.1, 0.15) is 6.10 Å². The molecule has 8 nitrogen and oxygen atoms in total. The number of carbonyl (C=O) groups is 3. The third-order valence-electron chi connectivity index (χ3n) is 5.33. The first-order valence-corrected chi connectivity index (χ1v) is 9.17. The molecule has 3 atom stereocenters. The lowest BCUT2D eigenvalue weighted by molar-refractivity contribution is -0.385. The summed E-state index contributed by atoms with van der Waals surface area (Å²) in [6.45, 7) is 1.64. The monoisotopic (exact) mass is 374 g/mol. The quantitative estimate of drug-likeness (QED) is 0.328. The fourth-order valence-corrected chi connectivity index (χ4v) is 3.87. The number of amides is 2. The molecule has 144 valence electrons. The van der Waals surface area contributed by atoms with Crippen LogP contribution >= 0.6 is 0 Å². The molecule has 1 aromatic carbocycles. The number of esters is 1. The lowest BCUT2D eigenvalue weighted by Gasteiger charge is -2.19. The minimum atomic E-state index is -0.662. The van der Waals surface area contributed by atoms with Gasteiger partial charge in [-0.15, -0.1) is 0 Å². The van der Waals surface area contributed by atoms with Crippen molar-refractivity contribution in [2.45, 2.75) is 45.1 Å². The van der Waals surface area contributed by atoms with E-state index in [1.54, 1.807) is 13.0 Å². The molecular formula is C19H22N2O6. The Morgan fingerprint density at radius 1 is 1.26 bits per heavy atom. The molecule has 1 heterocycles. The molecule has 1 saturated carbocycles. The van der Waals surface area contributed by atoms with Gasteiger partial charge in [-0.1, -0.05) is 25.0 Å². The van der Waals surface area contributed by atoms with Crippen LogP contribution in [0.15, 0.2) is 24.3 Å². The first-order chi connectivity index (χ1) is 12.9. The highest BCUT2D eigenvalue weighted by Gasteiger charge is 2.47. The van der Waals surface area contributed by atoms with Gasteiger partial charge in [-0.25, -0.2) is 0 Å². The number of carbonyl (C=O) groups excluding carboxylic acids is 3. The Kier molecular flexibility index (Phi) is 5.53. The van der Waals surface area contributed by atoms with Crippen molar-refractivity contribution >= 4 is 23.5 Å². The third-order valence-corrected chi connectivity index (χ3v) is 5.33. The zero-order valence-corrected chi connectivity index (χ0v) is 15.1. The highest BCUT2D eigenvalue weighted by molar-refractivity contribution is 6.05. The maximum atomic E-state index is 12.4. The first kappa shape index (κ1) is 19.0. The van der Waals surface area contributed by atoms with Gasteiger partial charge < -0.3 is 4.74 Å². The van der Waals surface area contributed by atoms with Crippen LogP contribution in [0.1, 0.15) is 50.7 Å². The predicted octanol–water partition coefficient (Wildman–Crippen LogP) is 2.76. The Labute approximate surface area is 156 Å². The Hall–Kier alpha value is -2.77. The Balaban J connectivity index is 1.55. The number of hydrogen-bond donors (Lipinski definition) is 0. The summed E-state index contributed by atoms with van der Waals surface area (Å²) < 4.78 is 5.31. The number of fused-ring (bicyclic) bond motifs is 1. The zero-order valence-electron chi connectivity index (χ0n) is 15.1. The number of nitro groups is 1. The number of non-ortho nitro benzene ring substituents is 1. The van der Waals surface area contributed by atoms with Crippen LogP contribution in [0.3, 0.4) is 0 Å². The van der Waals surface area contributed by atoms with E-state index in [-0.39, 0.29) is 42.3 Å². The van der Waals surface area contributed by atoms with Crippen molar-refractivity contribution in [2.75, 3.05) is 6.54 Å². The molecule has 0 radical (unpaired) electrons. The molecule has 0 unspecified atom stereocenters. The van der Waals surface area contributed by atoms with Crippen molar-refractivity contribution in [2.24, 2.45) is 11.8 Å². The van der Waals surface area contributed by atoms with Gasteiger partial charge in [0.15, 0.2) is 0 Å². The van der Waals surface area contributed by atoms with Crippen LogP contribution in [0.4, 0.5) is 5.69 Å². The number of nitrogens with zero attached hydrogens (tertiary/aromatic N) is 2. The molecule has 1 aliphatic carbocycles. The molecule has 1 saturated heterocycles. The van der Waals surface area contributed by atoms with Crippen LogP contribution in [-0.2, 0) is 19.1 Å². The minimum Gasteiger partial charge on any atom is -0.458 e. The smallest absolute Gasteiger partial charge is 0.308 e. The summed E-state index contributed by atoms with van der Waals surface area (Å²) >= 11 is 0. The second-order valence-corrected chi connectivity index (χ2v) is 7.06. The molecule has 0 spiro atoms. The topological polar surface area (TPSA) is 107 Å². The molecule has 0 bridgehead atoms. The molecule has 27 heavy (non-hydrogen) atoms. The number of imide groups is 1. The van der Waals surface area contributed by atoms with Gasteiger partial charge in [-0.05, 0) is 25.3 Å². The molecule has 8 heteroatoms. The Morgan fingerprint density at radius 2 is 1.89 bits per heavy atom. The van der Waals surface area contributed by atoms with Gasteiger partial charge in [-0.2, -0.15) is 0 Å². The van der Waals surface area contributed by atoms with E-state index < -0.39 is 17.0 Å². The maximum absolute atomic E-state index is 12.4. The normalized spacial score (nSPS) is 23.1. The minimum absolute atomic E-state index is 0.0190. The van der Waals surface area contributed by atoms with E-state index in [0.717, 1.165) is 25.7 Å². The summed E-state index contributed by atoms with van der Waals surface area (Å²) in [5, 5.41) is 10.8. The van der Waals surface area contributed by atoms with Gasteiger partial charge in [-0.3, -0.25) is 29.4 Å². The van der Waals surface area contributed by atoms with Crippen LogP contribution in [0.2, 0.25) is 0 Å². The number of hydrogen-bond acceptors (Lipinski definition) is 6. The third kappa shape index (κ3) is 3.99. The van der Waals surface area contributed by atoms with Crippen molar-refractivity contribution in [3.63, 3.8) is 0 Å². The first-order valence-electron chi connectivity index (χ1n) is 9.17. The average molecular weight is 374 g/mol. The predicted molar refractivity (Wildman–Crippen MR) is 94.4 cm³/mol. The highest BCUT2D eigenvalue weighted by atomic mass is 16.6. The van der Waals surface area contributed by atoms with Crippen LogP contribution in [-0.4, -0.2) is 34.2 Å². The van der Waals surface area contributed by atoms with Crippen molar-refractivity contribution in [3.8, 4) is 0 Å². The molecule has 2 amide bonds. The molecule has 0 N–H and O–H groups in total. The van der Waals surface area contributed by atoms with Crippen LogP contribution in [0.25, 0.3) is 0 Å². The average Bonchev–Trinajstić information content (AvgIpc) is 2.91. The maximum Gasteiger partial charge on any atom is 0.308 e. The van der Waals surface area contributed by atoms with Gasteiger partial charge in [0, 0.05) is 18.7 Å². The lowest BCUT2D eigenvalue weighted by Crippen LogP contribution is -2.33. The van der Waals surface area contributed by atoms with Crippen LogP contribution in [0.5, 0.6) is 0 Å². The second-order valence-electron chi connectivity index (χ2n) is 7.06. The number of nitro benzene ring substituents is 1. The van der Waals surface area contributed by atoms with E-state index in [2.05, 4.69) is 0 Å². The second kappa shape index (κ2) is 7.85. The summed E-state index contributed by atoms with van der Waals surface area (Å²) in [4.78, 5) is 48.4. The van der Waals surface area contributed by atoms with Gasteiger partial charge in [0.2, 0.25) is 11.8 Å². The molecule has 3 rings (SSSR count). The van der Waals surface area contributed by atoms with E-state index in [9.17, 15) is 24.5 Å². The SMILES string of the molecule is C[C@@H](OC(=O)CCN1C(=O)[C@H]2CCCC[C@H]2C1=O)c1cccc([N+](=O)[O-])c1. The van der Waals surface area contributed by atoms with Gasteiger partial charge in [0.25, 0.3) is 5.69 Å². The number of likely N-dealkylation sites (tertiary alicyclic amines) is 1. The largest absolute Gasteiger partial charge is 0.458 e. The standard InChI is InChI=1S/C19H22N2O6/c1-12(13-5-4-6-14(11-13)21(25)26)27-17(22)9-10-20-18(23)15-7-2-3-8-16(15)19(20)24/h4-6,11-12,15-16H,2-3,7-10H2,1H3/t12-,15-,16+/m1/s1. The van der Waals surface area contributed by atoms with E-state index in [4.69, 9.17) is 4.74 Å². The fraction of sp³-hybridized carbons (Fsp3) is 0.526. The number of ether oxygens (including phenoxy) is 1. The zero-order chi connectivity index (χ0) is 19.6. The van der Waals surface area contributed by atoms with Gasteiger partial charge >= 0.3 is 5.97 Å². The van der Waals surface area contributed by atoms with Crippen LogP contribution < -0.4 is 0 Å². The summed E-state index contributed by atoms with van der Waals surface area (Å²) in [5.74, 6) is -1.37. The molecular weight excluding hydrogens is 352 g/mol. The van der Waals surface area contributed by atoms with Crippen molar-refractivity contribution in [1.29, 1.82) is 0 Å². The van der Waals surface area contributed by atoms with E-state index in [1.807, 2.05) is 0 Å². The fourth-order valence-electron chi connectivity index (χ4n) is 3.87.